The number of ether oxygens (including phenoxy) is 2. The number of hydrogen-bond acceptors (Lipinski definition) is 5. The second-order valence-corrected chi connectivity index (χ2v) is 6.28. The third kappa shape index (κ3) is 6.64. The minimum absolute atomic E-state index is 0.0609. The van der Waals surface area contributed by atoms with E-state index in [-0.39, 0.29) is 5.91 Å². The molecule has 29 heavy (non-hydrogen) atoms. The molecular weight excluding hydrogens is 372 g/mol. The van der Waals surface area contributed by atoms with Crippen LogP contribution in [0.5, 0.6) is 5.75 Å². The summed E-state index contributed by atoms with van der Waals surface area (Å²) >= 11 is 0. The van der Waals surface area contributed by atoms with Crippen LogP contribution in [0.3, 0.4) is 0 Å². The van der Waals surface area contributed by atoms with Crippen molar-refractivity contribution in [3.63, 3.8) is 0 Å². The number of rotatable bonds is 9. The van der Waals surface area contributed by atoms with Gasteiger partial charge in [-0.3, -0.25) is 9.59 Å². The lowest BCUT2D eigenvalue weighted by Gasteiger charge is -2.18. The Kier molecular flexibility index (Phi) is 8.21. The largest absolute Gasteiger partial charge is 0.479 e. The zero-order valence-corrected chi connectivity index (χ0v) is 16.9. The average molecular weight is 398 g/mol. The maximum atomic E-state index is 12.3. The predicted molar refractivity (Wildman–Crippen MR) is 110 cm³/mol. The number of nitrogens with one attached hydrogen (secondary N) is 1. The molecule has 2 aromatic rings. The molecule has 2 amide bonds. The summed E-state index contributed by atoms with van der Waals surface area (Å²) < 4.78 is 10.5. The summed E-state index contributed by atoms with van der Waals surface area (Å²) in [6.07, 6.45) is -0.837. The monoisotopic (exact) mass is 398 g/mol. The van der Waals surface area contributed by atoms with E-state index in [9.17, 15) is 14.4 Å². The van der Waals surface area contributed by atoms with Crippen LogP contribution in [-0.4, -0.2) is 48.5 Å². The highest BCUT2D eigenvalue weighted by Gasteiger charge is 2.18. The van der Waals surface area contributed by atoms with Gasteiger partial charge in [-0.15, -0.1) is 0 Å². The van der Waals surface area contributed by atoms with E-state index in [2.05, 4.69) is 5.32 Å². The van der Waals surface area contributed by atoms with Gasteiger partial charge in [-0.25, -0.2) is 4.79 Å². The first-order valence-corrected chi connectivity index (χ1v) is 9.52. The van der Waals surface area contributed by atoms with E-state index in [1.165, 1.54) is 0 Å². The van der Waals surface area contributed by atoms with Crippen molar-refractivity contribution in [2.45, 2.75) is 26.9 Å². The van der Waals surface area contributed by atoms with Crippen molar-refractivity contribution in [1.29, 1.82) is 0 Å². The number of nitrogens with zero attached hydrogens (tertiary/aromatic N) is 1. The van der Waals surface area contributed by atoms with Gasteiger partial charge in [0, 0.05) is 24.3 Å². The molecular formula is C22H26N2O5. The summed E-state index contributed by atoms with van der Waals surface area (Å²) in [6, 6.07) is 15.5. The van der Waals surface area contributed by atoms with Crippen LogP contribution in [0, 0.1) is 0 Å². The second kappa shape index (κ2) is 10.8. The lowest BCUT2D eigenvalue weighted by Crippen LogP contribution is -2.30. The molecule has 2 rings (SSSR count). The summed E-state index contributed by atoms with van der Waals surface area (Å²) in [4.78, 5) is 38.0. The second-order valence-electron chi connectivity index (χ2n) is 6.28. The highest BCUT2D eigenvalue weighted by molar-refractivity contribution is 5.96. The lowest BCUT2D eigenvalue weighted by atomic mass is 10.2. The van der Waals surface area contributed by atoms with E-state index in [0.29, 0.717) is 30.1 Å². The highest BCUT2D eigenvalue weighted by Crippen LogP contribution is 2.13. The molecule has 0 heterocycles. The van der Waals surface area contributed by atoms with Crippen LogP contribution in [0.2, 0.25) is 0 Å². The van der Waals surface area contributed by atoms with E-state index in [1.54, 1.807) is 60.4 Å². The summed E-state index contributed by atoms with van der Waals surface area (Å²) in [7, 11) is 0. The van der Waals surface area contributed by atoms with Gasteiger partial charge in [0.2, 0.25) is 0 Å². The van der Waals surface area contributed by atoms with Gasteiger partial charge in [-0.05, 0) is 57.2 Å². The topological polar surface area (TPSA) is 84.9 Å². The fourth-order valence-corrected chi connectivity index (χ4v) is 2.59. The Morgan fingerprint density at radius 1 is 0.966 bits per heavy atom. The summed E-state index contributed by atoms with van der Waals surface area (Å²) in [5.74, 6) is -0.632. The third-order valence-electron chi connectivity index (χ3n) is 4.20. The molecule has 0 bridgehead atoms. The van der Waals surface area contributed by atoms with Gasteiger partial charge in [0.25, 0.3) is 11.8 Å². The Labute approximate surface area is 170 Å². The predicted octanol–water partition coefficient (Wildman–Crippen LogP) is 3.12. The zero-order valence-electron chi connectivity index (χ0n) is 16.9. The molecule has 2 aromatic carbocycles. The Bertz CT molecular complexity index is 817. The number of benzene rings is 2. The minimum Gasteiger partial charge on any atom is -0.479 e. The molecule has 7 nitrogen and oxygen atoms in total. The van der Waals surface area contributed by atoms with E-state index in [1.807, 2.05) is 19.9 Å². The molecule has 1 atom stereocenters. The van der Waals surface area contributed by atoms with Crippen molar-refractivity contribution in [3.05, 3.63) is 60.2 Å². The van der Waals surface area contributed by atoms with E-state index >= 15 is 0 Å². The van der Waals surface area contributed by atoms with Crippen LogP contribution in [0.15, 0.2) is 54.6 Å². The molecule has 0 saturated heterocycles. The van der Waals surface area contributed by atoms with Gasteiger partial charge in [0.1, 0.15) is 5.75 Å². The number of para-hydroxylation sites is 1. The first-order chi connectivity index (χ1) is 13.9. The van der Waals surface area contributed by atoms with Gasteiger partial charge in [0.15, 0.2) is 12.7 Å². The van der Waals surface area contributed by atoms with E-state index in [4.69, 9.17) is 9.47 Å². The van der Waals surface area contributed by atoms with Crippen LogP contribution in [0.25, 0.3) is 0 Å². The van der Waals surface area contributed by atoms with E-state index < -0.39 is 24.6 Å². The quantitative estimate of drug-likeness (QED) is 0.656. The molecule has 0 radical (unpaired) electrons. The Balaban J connectivity index is 1.81. The van der Waals surface area contributed by atoms with Gasteiger partial charge < -0.3 is 19.7 Å². The molecule has 0 aliphatic carbocycles. The standard InChI is InChI=1S/C22H26N2O5/c1-4-24(5-2)21(26)17-11-13-18(14-12-17)23-20(25)15-28-22(27)16(3)29-19-9-7-6-8-10-19/h6-14,16H,4-5,15H2,1-3H3,(H,23,25)/t16-/m0/s1. The molecule has 0 aliphatic rings. The summed E-state index contributed by atoms with van der Waals surface area (Å²) in [5.41, 5.74) is 1.06. The van der Waals surface area contributed by atoms with Crippen LogP contribution in [0.4, 0.5) is 5.69 Å². The molecule has 0 spiro atoms. The van der Waals surface area contributed by atoms with Crippen LogP contribution in [0.1, 0.15) is 31.1 Å². The number of carbonyl (C=O) groups excluding carboxylic acids is 3. The number of carbonyl (C=O) groups is 3. The van der Waals surface area contributed by atoms with Gasteiger partial charge in [-0.2, -0.15) is 0 Å². The molecule has 0 unspecified atom stereocenters. The molecule has 1 N–H and O–H groups in total. The highest BCUT2D eigenvalue weighted by atomic mass is 16.6. The normalized spacial score (nSPS) is 11.3. The first kappa shape index (κ1) is 21.9. The average Bonchev–Trinajstić information content (AvgIpc) is 2.74. The van der Waals surface area contributed by atoms with Crippen molar-refractivity contribution in [2.24, 2.45) is 0 Å². The fraction of sp³-hybridized carbons (Fsp3) is 0.318. The van der Waals surface area contributed by atoms with Crippen molar-refractivity contribution >= 4 is 23.5 Å². The number of amides is 2. The molecule has 0 aliphatic heterocycles. The Morgan fingerprint density at radius 3 is 2.17 bits per heavy atom. The van der Waals surface area contributed by atoms with Gasteiger partial charge in [-0.1, -0.05) is 18.2 Å². The molecule has 154 valence electrons. The molecule has 0 aromatic heterocycles. The minimum atomic E-state index is -0.837. The maximum absolute atomic E-state index is 12.3. The zero-order chi connectivity index (χ0) is 21.2. The van der Waals surface area contributed by atoms with Crippen LogP contribution >= 0.6 is 0 Å². The SMILES string of the molecule is CCN(CC)C(=O)c1ccc(NC(=O)COC(=O)[C@H](C)Oc2ccccc2)cc1. The van der Waals surface area contributed by atoms with Gasteiger partial charge >= 0.3 is 5.97 Å². The fourth-order valence-electron chi connectivity index (χ4n) is 2.59. The molecule has 0 saturated carbocycles. The van der Waals surface area contributed by atoms with E-state index in [0.717, 1.165) is 0 Å². The lowest BCUT2D eigenvalue weighted by molar-refractivity contribution is -0.153. The number of esters is 1. The van der Waals surface area contributed by atoms with Crippen LogP contribution in [-0.2, 0) is 14.3 Å². The maximum Gasteiger partial charge on any atom is 0.347 e. The first-order valence-electron chi connectivity index (χ1n) is 9.52. The Morgan fingerprint density at radius 2 is 1.59 bits per heavy atom. The third-order valence-corrected chi connectivity index (χ3v) is 4.20. The van der Waals surface area contributed by atoms with Crippen molar-refractivity contribution in [2.75, 3.05) is 25.0 Å². The number of anilines is 1. The Hall–Kier alpha value is -3.35. The molecule has 7 heteroatoms. The number of hydrogen-bond donors (Lipinski definition) is 1. The van der Waals surface area contributed by atoms with Gasteiger partial charge in [0.05, 0.1) is 0 Å². The smallest absolute Gasteiger partial charge is 0.347 e. The molecule has 0 fully saturated rings. The van der Waals surface area contributed by atoms with Crippen molar-refractivity contribution in [3.8, 4) is 5.75 Å². The van der Waals surface area contributed by atoms with Crippen LogP contribution < -0.4 is 10.1 Å². The van der Waals surface area contributed by atoms with Crippen molar-refractivity contribution < 1.29 is 23.9 Å². The summed E-state index contributed by atoms with van der Waals surface area (Å²) in [6.45, 7) is 6.23. The summed E-state index contributed by atoms with van der Waals surface area (Å²) in [5, 5.41) is 2.63. The van der Waals surface area contributed by atoms with Crippen molar-refractivity contribution in [1.82, 2.24) is 4.90 Å².